The summed E-state index contributed by atoms with van der Waals surface area (Å²) < 4.78 is 5.56. The van der Waals surface area contributed by atoms with Gasteiger partial charge in [0.15, 0.2) is 0 Å². The zero-order valence-electron chi connectivity index (χ0n) is 33.6. The number of nitrogens with zero attached hydrogens (tertiary/aromatic N) is 3. The van der Waals surface area contributed by atoms with Crippen molar-refractivity contribution < 1.29 is 29.0 Å². The van der Waals surface area contributed by atoms with E-state index in [1.165, 1.54) is 10.5 Å². The number of piperidine rings is 1. The van der Waals surface area contributed by atoms with Crippen LogP contribution >= 0.6 is 0 Å². The van der Waals surface area contributed by atoms with Crippen LogP contribution in [0.25, 0.3) is 10.8 Å². The van der Waals surface area contributed by atoms with Crippen LogP contribution < -0.4 is 21.3 Å². The van der Waals surface area contributed by atoms with E-state index in [1.807, 2.05) is 110 Å². The average molecular weight is 789 g/mol. The lowest BCUT2D eigenvalue weighted by Crippen LogP contribution is -2.54. The Morgan fingerprint density at radius 1 is 0.845 bits per heavy atom. The van der Waals surface area contributed by atoms with Gasteiger partial charge < -0.3 is 36.0 Å². The Balaban J connectivity index is 1.22. The number of nitrogens with two attached hydrogens (primary N) is 1. The van der Waals surface area contributed by atoms with Gasteiger partial charge in [0.25, 0.3) is 0 Å². The van der Waals surface area contributed by atoms with E-state index in [1.54, 1.807) is 18.0 Å². The van der Waals surface area contributed by atoms with E-state index in [2.05, 4.69) is 22.8 Å². The Kier molecular flexibility index (Phi) is 14.2. The first-order valence-corrected chi connectivity index (χ1v) is 20.3. The molecule has 58 heavy (non-hydrogen) atoms. The summed E-state index contributed by atoms with van der Waals surface area (Å²) in [5.41, 5.74) is 9.48. The fraction of sp³-hybridized carbons (Fsp3) is 0.391. The van der Waals surface area contributed by atoms with Gasteiger partial charge in [-0.25, -0.2) is 4.79 Å². The van der Waals surface area contributed by atoms with Gasteiger partial charge in [0.1, 0.15) is 19.3 Å². The van der Waals surface area contributed by atoms with E-state index in [0.717, 1.165) is 34.9 Å². The third kappa shape index (κ3) is 10.8. The number of hydrogen-bond acceptors (Lipinski definition) is 8. The van der Waals surface area contributed by atoms with Crippen LogP contribution in [0.2, 0.25) is 0 Å². The van der Waals surface area contributed by atoms with Crippen molar-refractivity contribution in [2.24, 2.45) is 11.7 Å². The first-order valence-electron chi connectivity index (χ1n) is 20.3. The van der Waals surface area contributed by atoms with Gasteiger partial charge in [-0.05, 0) is 60.6 Å². The van der Waals surface area contributed by atoms with Crippen molar-refractivity contribution in [2.75, 3.05) is 24.7 Å². The van der Waals surface area contributed by atoms with Gasteiger partial charge in [-0.3, -0.25) is 19.3 Å². The number of benzene rings is 4. The van der Waals surface area contributed by atoms with Crippen molar-refractivity contribution in [1.82, 2.24) is 20.4 Å². The lowest BCUT2D eigenvalue weighted by atomic mass is 9.89. The molecule has 4 aromatic rings. The van der Waals surface area contributed by atoms with Gasteiger partial charge in [0, 0.05) is 36.8 Å². The third-order valence-electron chi connectivity index (χ3n) is 10.9. The number of aliphatic hydroxyl groups excluding tert-OH is 1. The molecular formula is C46H56N6O6. The fourth-order valence-electron chi connectivity index (χ4n) is 7.83. The van der Waals surface area contributed by atoms with Crippen LogP contribution in [0.1, 0.15) is 69.9 Å². The van der Waals surface area contributed by atoms with E-state index in [-0.39, 0.29) is 43.8 Å². The first-order chi connectivity index (χ1) is 28.0. The van der Waals surface area contributed by atoms with E-state index in [9.17, 15) is 24.3 Å². The van der Waals surface area contributed by atoms with Crippen LogP contribution in [0.4, 0.5) is 10.5 Å². The molecule has 0 unspecified atom stereocenters. The summed E-state index contributed by atoms with van der Waals surface area (Å²) in [6.45, 7) is 6.90. The minimum atomic E-state index is -1.19. The predicted octanol–water partition coefficient (Wildman–Crippen LogP) is 6.01. The minimum Gasteiger partial charge on any atom is -0.445 e. The molecule has 5 N–H and O–H groups in total. The number of rotatable bonds is 15. The number of hydrogen-bond donors (Lipinski definition) is 4. The van der Waals surface area contributed by atoms with Crippen molar-refractivity contribution in [3.8, 4) is 0 Å². The Hall–Kier alpha value is -5.72. The van der Waals surface area contributed by atoms with Crippen molar-refractivity contribution >= 4 is 40.3 Å². The highest BCUT2D eigenvalue weighted by Crippen LogP contribution is 2.34. The maximum atomic E-state index is 14.4. The summed E-state index contributed by atoms with van der Waals surface area (Å²) in [5.74, 6) is -0.584. The van der Waals surface area contributed by atoms with Gasteiger partial charge in [0.05, 0.1) is 30.3 Å². The number of nitrogens with one attached hydrogen (secondary N) is 2. The first kappa shape index (κ1) is 41.9. The summed E-state index contributed by atoms with van der Waals surface area (Å²) in [6, 6.07) is 30.5. The van der Waals surface area contributed by atoms with E-state index >= 15 is 0 Å². The number of likely N-dealkylation sites (tertiary alicyclic amines) is 1. The van der Waals surface area contributed by atoms with Crippen LogP contribution in [0.15, 0.2) is 115 Å². The highest BCUT2D eigenvalue weighted by atomic mass is 16.5. The smallest absolute Gasteiger partial charge is 0.408 e. The second-order valence-electron chi connectivity index (χ2n) is 15.8. The lowest BCUT2D eigenvalue weighted by Gasteiger charge is -2.34. The van der Waals surface area contributed by atoms with Gasteiger partial charge in [-0.2, -0.15) is 0 Å². The quantitative estimate of drug-likeness (QED) is 0.114. The monoisotopic (exact) mass is 788 g/mol. The van der Waals surface area contributed by atoms with Crippen LogP contribution in [0, 0.1) is 5.92 Å². The fourth-order valence-corrected chi connectivity index (χ4v) is 7.83. The Bertz CT molecular complexity index is 2040. The summed E-state index contributed by atoms with van der Waals surface area (Å²) in [7, 11) is 0. The van der Waals surface area contributed by atoms with Gasteiger partial charge in [-0.1, -0.05) is 111 Å². The lowest BCUT2D eigenvalue weighted by molar-refractivity contribution is -0.135. The molecule has 2 aliphatic rings. The maximum Gasteiger partial charge on any atom is 0.408 e. The molecule has 0 saturated carbocycles. The summed E-state index contributed by atoms with van der Waals surface area (Å²) in [5, 5.41) is 19.3. The third-order valence-corrected chi connectivity index (χ3v) is 10.9. The Labute approximate surface area is 341 Å². The van der Waals surface area contributed by atoms with Crippen LogP contribution in [0.3, 0.4) is 0 Å². The molecule has 12 nitrogen and oxygen atoms in total. The molecule has 0 radical (unpaired) electrons. The number of ether oxygens (including phenoxy) is 1. The SMILES string of the molecule is CC(C)C[C@H](NC(=O)[C@@H](CC1=CN(C(=O)[C@H](C)N)CN1c1cccc2ccccc12)NC(=O)OCc1ccccc1)[C@@H](O)CC(=O)N1CCC(c2ccccc2)CC1. The van der Waals surface area contributed by atoms with Crippen molar-refractivity contribution in [1.29, 1.82) is 0 Å². The number of anilines is 1. The number of amides is 4. The molecule has 0 spiro atoms. The largest absolute Gasteiger partial charge is 0.445 e. The van der Waals surface area contributed by atoms with Gasteiger partial charge in [-0.15, -0.1) is 0 Å². The standard InChI is InChI=1S/C46H56N6O6/c1-31(2)25-39(42(53)27-43(54)50-23-21-35(22-24-50)34-15-8-5-9-16-34)48-44(55)40(49-46(57)58-29-33-13-6-4-7-14-33)26-37-28-51(45(56)32(3)47)30-52(37)41-20-12-18-36-17-10-11-19-38(36)41/h4-20,28,31-32,35,39-40,42,53H,21-27,29-30,47H2,1-3H3,(H,48,55)(H,49,57)/t32-,39-,40+,42-/m0/s1. The molecular weight excluding hydrogens is 733 g/mol. The molecule has 306 valence electrons. The Morgan fingerprint density at radius 3 is 2.19 bits per heavy atom. The zero-order chi connectivity index (χ0) is 41.2. The molecule has 4 amide bonds. The normalized spacial score (nSPS) is 16.7. The van der Waals surface area contributed by atoms with Crippen molar-refractivity contribution in [2.45, 2.75) is 89.6 Å². The molecule has 2 aliphatic heterocycles. The van der Waals surface area contributed by atoms with Crippen LogP contribution in [0.5, 0.6) is 0 Å². The molecule has 2 heterocycles. The molecule has 12 heteroatoms. The van der Waals surface area contributed by atoms with Crippen molar-refractivity contribution in [3.63, 3.8) is 0 Å². The molecule has 1 fully saturated rings. The molecule has 1 saturated heterocycles. The molecule has 0 aliphatic carbocycles. The number of aliphatic hydroxyl groups is 1. The maximum absolute atomic E-state index is 14.4. The number of fused-ring (bicyclic) bond motifs is 1. The predicted molar refractivity (Wildman–Crippen MR) is 225 cm³/mol. The molecule has 0 bridgehead atoms. The number of carbonyl (C=O) groups is 4. The summed E-state index contributed by atoms with van der Waals surface area (Å²) >= 11 is 0. The second-order valence-corrected chi connectivity index (χ2v) is 15.8. The summed E-state index contributed by atoms with van der Waals surface area (Å²) in [4.78, 5) is 59.9. The zero-order valence-corrected chi connectivity index (χ0v) is 33.6. The van der Waals surface area contributed by atoms with Crippen molar-refractivity contribution in [3.05, 3.63) is 126 Å². The van der Waals surface area contributed by atoms with E-state index in [0.29, 0.717) is 31.1 Å². The molecule has 4 atom stereocenters. The molecule has 6 rings (SSSR count). The molecule has 0 aromatic heterocycles. The van der Waals surface area contributed by atoms with Gasteiger partial charge in [0.2, 0.25) is 17.7 Å². The average Bonchev–Trinajstić information content (AvgIpc) is 3.65. The van der Waals surface area contributed by atoms with Gasteiger partial charge >= 0.3 is 6.09 Å². The van der Waals surface area contributed by atoms with E-state index in [4.69, 9.17) is 10.5 Å². The van der Waals surface area contributed by atoms with Crippen LogP contribution in [-0.4, -0.2) is 82.7 Å². The van der Waals surface area contributed by atoms with E-state index < -0.39 is 36.2 Å². The minimum absolute atomic E-state index is 0.0120. The number of carbonyl (C=O) groups excluding carboxylic acids is 4. The molecule has 4 aromatic carbocycles. The highest BCUT2D eigenvalue weighted by molar-refractivity contribution is 5.96. The second kappa shape index (κ2) is 19.6. The number of alkyl carbamates (subject to hydrolysis) is 1. The van der Waals surface area contributed by atoms with Crippen LogP contribution in [-0.2, 0) is 25.7 Å². The topological polar surface area (TPSA) is 158 Å². The Morgan fingerprint density at radius 2 is 1.50 bits per heavy atom. The highest BCUT2D eigenvalue weighted by Gasteiger charge is 2.35. The summed E-state index contributed by atoms with van der Waals surface area (Å²) in [6.07, 6.45) is 1.58.